The van der Waals surface area contributed by atoms with Crippen LogP contribution in [0.4, 0.5) is 4.39 Å². The first-order valence-electron chi connectivity index (χ1n) is 15.1. The zero-order chi connectivity index (χ0) is 28.0. The third-order valence-electron chi connectivity index (χ3n) is 9.18. The molecule has 1 aromatic rings. The zero-order valence-electron chi connectivity index (χ0n) is 24.5. The lowest BCUT2D eigenvalue weighted by Crippen LogP contribution is -2.60. The number of nitrogens with one attached hydrogen (secondary N) is 3. The van der Waals surface area contributed by atoms with Crippen LogP contribution in [-0.4, -0.2) is 85.6 Å². The second kappa shape index (κ2) is 13.1. The summed E-state index contributed by atoms with van der Waals surface area (Å²) in [6.45, 7) is 11.3. The normalized spacial score (nSPS) is 23.8. The van der Waals surface area contributed by atoms with Gasteiger partial charge in [-0.2, -0.15) is 0 Å². The van der Waals surface area contributed by atoms with Gasteiger partial charge in [0.25, 0.3) is 0 Å². The number of rotatable bonds is 8. The summed E-state index contributed by atoms with van der Waals surface area (Å²) in [5.74, 6) is 0.212. The highest BCUT2D eigenvalue weighted by Crippen LogP contribution is 2.45. The number of carbonyl (C=O) groups excluding carboxylic acids is 2. The molecule has 0 aromatic heterocycles. The Morgan fingerprint density at radius 2 is 1.74 bits per heavy atom. The Labute approximate surface area is 234 Å². The second-order valence-corrected chi connectivity index (χ2v) is 13.3. The van der Waals surface area contributed by atoms with Crippen LogP contribution in [0.1, 0.15) is 71.3 Å². The molecule has 1 aliphatic carbocycles. The lowest BCUT2D eigenvalue weighted by Gasteiger charge is -2.49. The molecule has 2 unspecified atom stereocenters. The number of hydrogen-bond acceptors (Lipinski definition) is 5. The SMILES string of the molecule is CN1CCNC(C(=O)NC(Cc2ccc(F)cc2)C(=O)N2CCC(CNC(C)(C)C)(C3CCCCC3)CC2)C1. The first-order valence-corrected chi connectivity index (χ1v) is 15.1. The maximum atomic E-state index is 13.9. The van der Waals surface area contributed by atoms with Gasteiger partial charge < -0.3 is 25.8 Å². The summed E-state index contributed by atoms with van der Waals surface area (Å²) in [6, 6.07) is 5.21. The van der Waals surface area contributed by atoms with Crippen molar-refractivity contribution in [1.82, 2.24) is 25.8 Å². The molecule has 218 valence electrons. The first kappa shape index (κ1) is 29.9. The highest BCUT2D eigenvalue weighted by molar-refractivity contribution is 5.90. The Kier molecular flexibility index (Phi) is 10.0. The van der Waals surface area contributed by atoms with E-state index in [0.717, 1.165) is 38.0 Å². The van der Waals surface area contributed by atoms with E-state index in [2.05, 4.69) is 41.6 Å². The standard InChI is InChI=1S/C31H50FN5O2/c1-30(2,3)34-22-31(24-8-6-5-7-9-24)14-17-37(18-15-31)29(39)26(20-23-10-12-25(32)13-11-23)35-28(38)27-21-36(4)19-16-33-27/h10-13,24,26-27,33-34H,5-9,14-22H2,1-4H3,(H,35,38). The van der Waals surface area contributed by atoms with Crippen molar-refractivity contribution >= 4 is 11.8 Å². The molecule has 0 bridgehead atoms. The molecule has 1 aromatic carbocycles. The summed E-state index contributed by atoms with van der Waals surface area (Å²) in [5.41, 5.74) is 1.10. The maximum Gasteiger partial charge on any atom is 0.245 e. The van der Waals surface area contributed by atoms with Crippen LogP contribution in [0.15, 0.2) is 24.3 Å². The average Bonchev–Trinajstić information content (AvgIpc) is 2.92. The summed E-state index contributed by atoms with van der Waals surface area (Å²) in [4.78, 5) is 31.3. The topological polar surface area (TPSA) is 76.7 Å². The van der Waals surface area contributed by atoms with Gasteiger partial charge in [-0.1, -0.05) is 31.4 Å². The molecular weight excluding hydrogens is 493 g/mol. The van der Waals surface area contributed by atoms with E-state index < -0.39 is 6.04 Å². The lowest BCUT2D eigenvalue weighted by atomic mass is 9.63. The van der Waals surface area contributed by atoms with Crippen molar-refractivity contribution in [3.63, 3.8) is 0 Å². The van der Waals surface area contributed by atoms with Crippen LogP contribution in [-0.2, 0) is 16.0 Å². The van der Waals surface area contributed by atoms with Crippen LogP contribution < -0.4 is 16.0 Å². The third-order valence-corrected chi connectivity index (χ3v) is 9.18. The van der Waals surface area contributed by atoms with Crippen LogP contribution in [0.5, 0.6) is 0 Å². The largest absolute Gasteiger partial charge is 0.343 e. The molecule has 0 radical (unpaired) electrons. The number of carbonyl (C=O) groups is 2. The van der Waals surface area contributed by atoms with Gasteiger partial charge in [-0.05, 0) is 82.5 Å². The molecule has 7 nitrogen and oxygen atoms in total. The number of hydrogen-bond donors (Lipinski definition) is 3. The van der Waals surface area contributed by atoms with Crippen LogP contribution in [0.25, 0.3) is 0 Å². The highest BCUT2D eigenvalue weighted by Gasteiger charge is 2.43. The predicted octanol–water partition coefficient (Wildman–Crippen LogP) is 3.33. The zero-order valence-corrected chi connectivity index (χ0v) is 24.5. The number of likely N-dealkylation sites (N-methyl/N-ethyl adjacent to an activating group) is 1. The Morgan fingerprint density at radius 3 is 2.36 bits per heavy atom. The molecule has 3 fully saturated rings. The van der Waals surface area contributed by atoms with Crippen LogP contribution in [0, 0.1) is 17.2 Å². The van der Waals surface area contributed by atoms with E-state index in [1.54, 1.807) is 12.1 Å². The molecule has 1 saturated carbocycles. The first-order chi connectivity index (χ1) is 18.5. The van der Waals surface area contributed by atoms with Gasteiger partial charge >= 0.3 is 0 Å². The number of piperazine rings is 1. The van der Waals surface area contributed by atoms with E-state index in [-0.39, 0.29) is 34.6 Å². The fraction of sp³-hybridized carbons (Fsp3) is 0.742. The molecule has 39 heavy (non-hydrogen) atoms. The Bertz CT molecular complexity index is 949. The molecule has 8 heteroatoms. The molecule has 3 aliphatic rings. The summed E-state index contributed by atoms with van der Waals surface area (Å²) in [6.07, 6.45) is 8.83. The van der Waals surface area contributed by atoms with Gasteiger partial charge in [-0.3, -0.25) is 9.59 Å². The van der Waals surface area contributed by atoms with Crippen molar-refractivity contribution in [1.29, 1.82) is 0 Å². The minimum Gasteiger partial charge on any atom is -0.343 e. The smallest absolute Gasteiger partial charge is 0.245 e. The number of nitrogens with zero attached hydrogens (tertiary/aromatic N) is 2. The van der Waals surface area contributed by atoms with Crippen LogP contribution in [0.2, 0.25) is 0 Å². The molecule has 2 atom stereocenters. The van der Waals surface area contributed by atoms with Crippen LogP contribution in [0.3, 0.4) is 0 Å². The van der Waals surface area contributed by atoms with E-state index in [0.29, 0.717) is 32.0 Å². The van der Waals surface area contributed by atoms with Crippen molar-refractivity contribution in [2.45, 2.75) is 89.8 Å². The molecular formula is C31H50FN5O2. The molecule has 0 spiro atoms. The Hall–Kier alpha value is -2.03. The Balaban J connectivity index is 1.46. The van der Waals surface area contributed by atoms with Crippen molar-refractivity contribution in [3.8, 4) is 0 Å². The quantitative estimate of drug-likeness (QED) is 0.469. The third kappa shape index (κ3) is 8.24. The maximum absolute atomic E-state index is 13.9. The summed E-state index contributed by atoms with van der Waals surface area (Å²) in [5, 5.41) is 10.2. The molecule has 2 amide bonds. The number of benzene rings is 1. The molecule has 4 rings (SSSR count). The fourth-order valence-corrected chi connectivity index (χ4v) is 6.68. The van der Waals surface area contributed by atoms with Gasteiger partial charge in [-0.15, -0.1) is 0 Å². The van der Waals surface area contributed by atoms with E-state index in [9.17, 15) is 14.0 Å². The van der Waals surface area contributed by atoms with Crippen molar-refractivity contribution < 1.29 is 14.0 Å². The fourth-order valence-electron chi connectivity index (χ4n) is 6.68. The van der Waals surface area contributed by atoms with Crippen LogP contribution >= 0.6 is 0 Å². The number of amides is 2. The average molecular weight is 544 g/mol. The van der Waals surface area contributed by atoms with E-state index >= 15 is 0 Å². The minimum atomic E-state index is -0.674. The minimum absolute atomic E-state index is 0.0298. The van der Waals surface area contributed by atoms with Gasteiger partial charge in [0.2, 0.25) is 11.8 Å². The van der Waals surface area contributed by atoms with Gasteiger partial charge in [-0.25, -0.2) is 4.39 Å². The van der Waals surface area contributed by atoms with Crippen molar-refractivity contribution in [3.05, 3.63) is 35.6 Å². The second-order valence-electron chi connectivity index (χ2n) is 13.3. The van der Waals surface area contributed by atoms with Crippen molar-refractivity contribution in [2.24, 2.45) is 11.3 Å². The molecule has 3 N–H and O–H groups in total. The summed E-state index contributed by atoms with van der Waals surface area (Å²) >= 11 is 0. The predicted molar refractivity (Wildman–Crippen MR) is 154 cm³/mol. The molecule has 2 aliphatic heterocycles. The van der Waals surface area contributed by atoms with E-state index in [1.807, 2.05) is 11.9 Å². The summed E-state index contributed by atoms with van der Waals surface area (Å²) < 4.78 is 13.6. The van der Waals surface area contributed by atoms with Gasteiger partial charge in [0, 0.05) is 51.2 Å². The van der Waals surface area contributed by atoms with Gasteiger partial charge in [0.05, 0.1) is 6.04 Å². The monoisotopic (exact) mass is 543 g/mol. The van der Waals surface area contributed by atoms with Crippen molar-refractivity contribution in [2.75, 3.05) is 46.3 Å². The van der Waals surface area contributed by atoms with Gasteiger partial charge in [0.1, 0.15) is 11.9 Å². The molecule has 2 heterocycles. The van der Waals surface area contributed by atoms with E-state index in [4.69, 9.17) is 0 Å². The Morgan fingerprint density at radius 1 is 1.08 bits per heavy atom. The summed E-state index contributed by atoms with van der Waals surface area (Å²) in [7, 11) is 2.00. The van der Waals surface area contributed by atoms with E-state index in [1.165, 1.54) is 44.2 Å². The molecule has 2 saturated heterocycles. The van der Waals surface area contributed by atoms with Gasteiger partial charge in [0.15, 0.2) is 0 Å². The lowest BCUT2D eigenvalue weighted by molar-refractivity contribution is -0.139. The highest BCUT2D eigenvalue weighted by atomic mass is 19.1. The number of likely N-dealkylation sites (tertiary alicyclic amines) is 1. The number of halogens is 1. The number of piperidine rings is 1.